The van der Waals surface area contributed by atoms with Gasteiger partial charge in [0.25, 0.3) is 15.7 Å². The number of nitro groups is 1. The minimum atomic E-state index is -4.06. The first kappa shape index (κ1) is 13.7. The van der Waals surface area contributed by atoms with E-state index in [2.05, 4.69) is 14.7 Å². The Kier molecular flexibility index (Phi) is 3.48. The van der Waals surface area contributed by atoms with Gasteiger partial charge in [-0.3, -0.25) is 14.8 Å². The topological polar surface area (TPSA) is 141 Å². The average molecular weight is 295 g/mol. The maximum Gasteiger partial charge on any atom is 0.270 e. The molecule has 0 radical (unpaired) electrons. The van der Waals surface area contributed by atoms with E-state index in [9.17, 15) is 18.5 Å². The first-order valence-electron chi connectivity index (χ1n) is 5.22. The summed E-state index contributed by atoms with van der Waals surface area (Å²) in [6.45, 7) is 0. The van der Waals surface area contributed by atoms with E-state index < -0.39 is 14.9 Å². The molecular weight excluding hydrogens is 286 g/mol. The number of hydrogen-bond donors (Lipinski definition) is 2. The SMILES string of the molecule is Nc1ccc([N+](=O)[O-])cc1S(=O)(=O)Nc1cncnc1. The van der Waals surface area contributed by atoms with Gasteiger partial charge in [0.1, 0.15) is 11.2 Å². The number of sulfonamides is 1. The molecule has 0 saturated heterocycles. The van der Waals surface area contributed by atoms with Crippen LogP contribution in [0.1, 0.15) is 0 Å². The van der Waals surface area contributed by atoms with Crippen LogP contribution in [0.3, 0.4) is 0 Å². The predicted octanol–water partition coefficient (Wildman–Crippen LogP) is 0.768. The van der Waals surface area contributed by atoms with Gasteiger partial charge >= 0.3 is 0 Å². The molecule has 1 heterocycles. The van der Waals surface area contributed by atoms with Crippen LogP contribution in [0, 0.1) is 10.1 Å². The van der Waals surface area contributed by atoms with Gasteiger partial charge < -0.3 is 5.73 Å². The molecule has 10 heteroatoms. The third-order valence-electron chi connectivity index (χ3n) is 2.31. The van der Waals surface area contributed by atoms with Crippen LogP contribution in [0.25, 0.3) is 0 Å². The van der Waals surface area contributed by atoms with Gasteiger partial charge in [0, 0.05) is 12.1 Å². The van der Waals surface area contributed by atoms with Crippen molar-refractivity contribution in [2.75, 3.05) is 10.5 Å². The monoisotopic (exact) mass is 295 g/mol. The zero-order valence-electron chi connectivity index (χ0n) is 9.92. The smallest absolute Gasteiger partial charge is 0.270 e. The van der Waals surface area contributed by atoms with E-state index in [4.69, 9.17) is 5.73 Å². The maximum absolute atomic E-state index is 12.1. The van der Waals surface area contributed by atoms with Crippen LogP contribution in [0.2, 0.25) is 0 Å². The van der Waals surface area contributed by atoms with Crippen LogP contribution in [0.4, 0.5) is 17.1 Å². The Bertz CT molecular complexity index is 747. The molecule has 2 aromatic rings. The number of nitrogens with one attached hydrogen (secondary N) is 1. The molecule has 20 heavy (non-hydrogen) atoms. The van der Waals surface area contributed by atoms with E-state index >= 15 is 0 Å². The van der Waals surface area contributed by atoms with Gasteiger partial charge in [-0.05, 0) is 6.07 Å². The number of nitro benzene ring substituents is 1. The van der Waals surface area contributed by atoms with E-state index in [0.717, 1.165) is 18.2 Å². The number of rotatable bonds is 4. The quantitative estimate of drug-likeness (QED) is 0.482. The number of benzene rings is 1. The minimum absolute atomic E-state index is 0.0973. The molecule has 2 rings (SSSR count). The van der Waals surface area contributed by atoms with Crippen LogP contribution >= 0.6 is 0 Å². The highest BCUT2D eigenvalue weighted by atomic mass is 32.2. The summed E-state index contributed by atoms with van der Waals surface area (Å²) in [5.41, 5.74) is 5.21. The second kappa shape index (κ2) is 5.09. The van der Waals surface area contributed by atoms with Crippen LogP contribution < -0.4 is 10.5 Å². The number of nitrogens with two attached hydrogens (primary N) is 1. The van der Waals surface area contributed by atoms with Gasteiger partial charge in [-0.25, -0.2) is 18.4 Å². The first-order valence-corrected chi connectivity index (χ1v) is 6.70. The normalized spacial score (nSPS) is 11.0. The summed E-state index contributed by atoms with van der Waals surface area (Å²) in [6, 6.07) is 3.18. The molecule has 104 valence electrons. The summed E-state index contributed by atoms with van der Waals surface area (Å²) in [5, 5.41) is 10.7. The second-order valence-electron chi connectivity index (χ2n) is 3.71. The van der Waals surface area contributed by atoms with Gasteiger partial charge in [0.15, 0.2) is 0 Å². The lowest BCUT2D eigenvalue weighted by atomic mass is 10.3. The minimum Gasteiger partial charge on any atom is -0.398 e. The maximum atomic E-state index is 12.1. The number of non-ortho nitro benzene ring substituents is 1. The first-order chi connectivity index (χ1) is 9.40. The summed E-state index contributed by atoms with van der Waals surface area (Å²) in [6.07, 6.45) is 3.73. The van der Waals surface area contributed by atoms with Crippen molar-refractivity contribution >= 4 is 27.1 Å². The van der Waals surface area contributed by atoms with E-state index in [1.54, 1.807) is 0 Å². The van der Waals surface area contributed by atoms with Gasteiger partial charge in [-0.1, -0.05) is 0 Å². The molecular formula is C10H9N5O4S. The molecule has 0 bridgehead atoms. The third-order valence-corrected chi connectivity index (χ3v) is 3.75. The van der Waals surface area contributed by atoms with Crippen LogP contribution in [-0.2, 0) is 10.0 Å². The molecule has 3 N–H and O–H groups in total. The molecule has 0 fully saturated rings. The highest BCUT2D eigenvalue weighted by Crippen LogP contribution is 2.25. The summed E-state index contributed by atoms with van der Waals surface area (Å²) >= 11 is 0. The fourth-order valence-corrected chi connectivity index (χ4v) is 2.61. The zero-order chi connectivity index (χ0) is 14.8. The Morgan fingerprint density at radius 3 is 2.50 bits per heavy atom. The highest BCUT2D eigenvalue weighted by molar-refractivity contribution is 7.92. The summed E-state index contributed by atoms with van der Waals surface area (Å²) in [5.74, 6) is 0. The van der Waals surface area contributed by atoms with E-state index in [1.165, 1.54) is 18.7 Å². The number of nitrogen functional groups attached to an aromatic ring is 1. The molecule has 1 aromatic carbocycles. The Hall–Kier alpha value is -2.75. The van der Waals surface area contributed by atoms with Gasteiger partial charge in [0.2, 0.25) is 0 Å². The zero-order valence-corrected chi connectivity index (χ0v) is 10.7. The molecule has 0 saturated carbocycles. The molecule has 0 aliphatic heterocycles. The van der Waals surface area contributed by atoms with E-state index in [1.807, 2.05) is 0 Å². The third kappa shape index (κ3) is 2.80. The molecule has 1 aromatic heterocycles. The lowest BCUT2D eigenvalue weighted by Crippen LogP contribution is -2.15. The second-order valence-corrected chi connectivity index (χ2v) is 5.36. The fourth-order valence-electron chi connectivity index (χ4n) is 1.43. The highest BCUT2D eigenvalue weighted by Gasteiger charge is 2.21. The van der Waals surface area contributed by atoms with Gasteiger partial charge in [0.05, 0.1) is 28.7 Å². The summed E-state index contributed by atoms with van der Waals surface area (Å²) in [4.78, 5) is 16.9. The van der Waals surface area contributed by atoms with Gasteiger partial charge in [-0.15, -0.1) is 0 Å². The van der Waals surface area contributed by atoms with Crippen LogP contribution in [-0.4, -0.2) is 23.3 Å². The predicted molar refractivity (Wildman–Crippen MR) is 70.3 cm³/mol. The van der Waals surface area contributed by atoms with Crippen molar-refractivity contribution in [3.8, 4) is 0 Å². The molecule has 0 aliphatic rings. The van der Waals surface area contributed by atoms with Crippen molar-refractivity contribution in [3.63, 3.8) is 0 Å². The van der Waals surface area contributed by atoms with Gasteiger partial charge in [-0.2, -0.15) is 0 Å². The van der Waals surface area contributed by atoms with Crippen molar-refractivity contribution in [2.45, 2.75) is 4.90 Å². The standard InChI is InChI=1S/C10H9N5O4S/c11-9-2-1-8(15(16)17)3-10(9)20(18,19)14-7-4-12-6-13-5-7/h1-6,14H,11H2. The molecule has 0 unspecified atom stereocenters. The molecule has 0 atom stereocenters. The summed E-state index contributed by atoms with van der Waals surface area (Å²) in [7, 11) is -4.06. The number of nitrogens with zero attached hydrogens (tertiary/aromatic N) is 3. The Balaban J connectivity index is 2.44. The Morgan fingerprint density at radius 2 is 1.90 bits per heavy atom. The summed E-state index contributed by atoms with van der Waals surface area (Å²) < 4.78 is 26.4. The molecule has 0 amide bonds. The molecule has 9 nitrogen and oxygen atoms in total. The number of hydrogen-bond acceptors (Lipinski definition) is 7. The average Bonchev–Trinajstić information content (AvgIpc) is 2.39. The van der Waals surface area contributed by atoms with Crippen molar-refractivity contribution in [3.05, 3.63) is 47.0 Å². The van der Waals surface area contributed by atoms with Crippen molar-refractivity contribution in [1.82, 2.24) is 9.97 Å². The number of aromatic nitrogens is 2. The number of anilines is 2. The van der Waals surface area contributed by atoms with Crippen molar-refractivity contribution < 1.29 is 13.3 Å². The van der Waals surface area contributed by atoms with E-state index in [-0.39, 0.29) is 22.0 Å². The van der Waals surface area contributed by atoms with Crippen LogP contribution in [0.15, 0.2) is 41.8 Å². The lowest BCUT2D eigenvalue weighted by Gasteiger charge is -2.09. The molecule has 0 aliphatic carbocycles. The Morgan fingerprint density at radius 1 is 1.25 bits per heavy atom. The largest absolute Gasteiger partial charge is 0.398 e. The van der Waals surface area contributed by atoms with E-state index in [0.29, 0.717) is 0 Å². The molecule has 0 spiro atoms. The lowest BCUT2D eigenvalue weighted by molar-refractivity contribution is -0.385. The Labute approximate surface area is 113 Å². The van der Waals surface area contributed by atoms with Crippen molar-refractivity contribution in [2.24, 2.45) is 0 Å². The van der Waals surface area contributed by atoms with Crippen LogP contribution in [0.5, 0.6) is 0 Å². The van der Waals surface area contributed by atoms with Crippen molar-refractivity contribution in [1.29, 1.82) is 0 Å². The fraction of sp³-hybridized carbons (Fsp3) is 0.